The summed E-state index contributed by atoms with van der Waals surface area (Å²) in [5, 5.41) is 4.43. The lowest BCUT2D eigenvalue weighted by atomic mass is 9.82. The van der Waals surface area contributed by atoms with Gasteiger partial charge in [-0.15, -0.1) is 0 Å². The van der Waals surface area contributed by atoms with Gasteiger partial charge in [-0.1, -0.05) is 111 Å². The predicted molar refractivity (Wildman–Crippen MR) is 187 cm³/mol. The van der Waals surface area contributed by atoms with Gasteiger partial charge in [-0.05, 0) is 80.6 Å². The Morgan fingerprint density at radius 2 is 1.31 bits per heavy atom. The highest BCUT2D eigenvalue weighted by atomic mass is 16.3. The number of fused-ring (bicyclic) bond motifs is 8. The molecule has 6 aromatic carbocycles. The first-order chi connectivity index (χ1) is 22.1. The summed E-state index contributed by atoms with van der Waals surface area (Å²) >= 11 is 0. The van der Waals surface area contributed by atoms with E-state index in [0.29, 0.717) is 0 Å². The molecule has 3 heteroatoms. The van der Waals surface area contributed by atoms with Crippen LogP contribution in [0.4, 0.5) is 17.1 Å². The fraction of sp³-hybridized carbons (Fsp3) is 0.0714. The first-order valence-corrected chi connectivity index (χ1v) is 15.5. The van der Waals surface area contributed by atoms with Gasteiger partial charge in [-0.25, -0.2) is 0 Å². The number of rotatable bonds is 4. The molecule has 0 radical (unpaired) electrons. The summed E-state index contributed by atoms with van der Waals surface area (Å²) in [6.45, 7) is 4.67. The maximum absolute atomic E-state index is 6.71. The molecule has 0 saturated heterocycles. The quantitative estimate of drug-likeness (QED) is 0.208. The van der Waals surface area contributed by atoms with Crippen LogP contribution in [0.3, 0.4) is 0 Å². The molecule has 0 saturated carbocycles. The molecule has 3 nitrogen and oxygen atoms in total. The normalized spacial score (nSPS) is 13.3. The third-order valence-corrected chi connectivity index (χ3v) is 9.54. The van der Waals surface area contributed by atoms with Gasteiger partial charge in [0.15, 0.2) is 5.58 Å². The highest BCUT2D eigenvalue weighted by Crippen LogP contribution is 2.52. The Morgan fingerprint density at radius 3 is 2.18 bits per heavy atom. The second kappa shape index (κ2) is 9.67. The third-order valence-electron chi connectivity index (χ3n) is 9.54. The van der Waals surface area contributed by atoms with E-state index in [2.05, 4.69) is 151 Å². The molecule has 0 bridgehead atoms. The van der Waals surface area contributed by atoms with Crippen LogP contribution in [-0.4, -0.2) is 4.98 Å². The van der Waals surface area contributed by atoms with E-state index in [0.717, 1.165) is 49.8 Å². The second-order valence-electron chi connectivity index (χ2n) is 12.4. The van der Waals surface area contributed by atoms with Crippen molar-refractivity contribution in [2.24, 2.45) is 0 Å². The number of aromatic nitrogens is 1. The molecule has 1 aliphatic rings. The number of nitrogens with zero attached hydrogens (tertiary/aromatic N) is 2. The second-order valence-corrected chi connectivity index (χ2v) is 12.4. The topological polar surface area (TPSA) is 29.3 Å². The Labute approximate surface area is 262 Å². The van der Waals surface area contributed by atoms with Crippen LogP contribution in [0.1, 0.15) is 25.0 Å². The molecule has 0 atom stereocenters. The van der Waals surface area contributed by atoms with Gasteiger partial charge >= 0.3 is 0 Å². The van der Waals surface area contributed by atoms with E-state index in [1.165, 1.54) is 33.4 Å². The minimum Gasteiger partial charge on any atom is -0.454 e. The van der Waals surface area contributed by atoms with Crippen LogP contribution in [0, 0.1) is 0 Å². The first-order valence-electron chi connectivity index (χ1n) is 15.5. The van der Waals surface area contributed by atoms with Gasteiger partial charge in [-0.3, -0.25) is 4.98 Å². The van der Waals surface area contributed by atoms with Crippen LogP contribution in [0.2, 0.25) is 0 Å². The number of hydrogen-bond acceptors (Lipinski definition) is 3. The number of furan rings is 1. The smallest absolute Gasteiger partial charge is 0.160 e. The van der Waals surface area contributed by atoms with Gasteiger partial charge in [0.2, 0.25) is 0 Å². The van der Waals surface area contributed by atoms with Crippen LogP contribution < -0.4 is 4.90 Å². The fourth-order valence-electron chi connectivity index (χ4n) is 7.31. The Bertz CT molecular complexity index is 2400. The van der Waals surface area contributed by atoms with E-state index in [-0.39, 0.29) is 5.41 Å². The average molecular weight is 579 g/mol. The summed E-state index contributed by atoms with van der Waals surface area (Å²) in [5.74, 6) is 0. The number of anilines is 3. The van der Waals surface area contributed by atoms with Crippen molar-refractivity contribution in [1.29, 1.82) is 0 Å². The molecular weight excluding hydrogens is 548 g/mol. The summed E-state index contributed by atoms with van der Waals surface area (Å²) in [7, 11) is 0. The maximum Gasteiger partial charge on any atom is 0.160 e. The van der Waals surface area contributed by atoms with E-state index >= 15 is 0 Å². The van der Waals surface area contributed by atoms with Gasteiger partial charge in [0.25, 0.3) is 0 Å². The van der Waals surface area contributed by atoms with Crippen LogP contribution in [0.25, 0.3) is 55.0 Å². The Balaban J connectivity index is 1.32. The molecule has 0 fully saturated rings. The largest absolute Gasteiger partial charge is 0.454 e. The zero-order chi connectivity index (χ0) is 30.1. The van der Waals surface area contributed by atoms with E-state index in [9.17, 15) is 0 Å². The fourth-order valence-corrected chi connectivity index (χ4v) is 7.31. The van der Waals surface area contributed by atoms with Crippen molar-refractivity contribution >= 4 is 49.8 Å². The molecular formula is C42H30N2O. The van der Waals surface area contributed by atoms with Crippen LogP contribution in [-0.2, 0) is 5.41 Å². The van der Waals surface area contributed by atoms with Gasteiger partial charge in [0.05, 0.1) is 5.69 Å². The summed E-state index contributed by atoms with van der Waals surface area (Å²) < 4.78 is 6.71. The summed E-state index contributed by atoms with van der Waals surface area (Å²) in [5.41, 5.74) is 12.4. The van der Waals surface area contributed by atoms with Crippen molar-refractivity contribution in [3.05, 3.63) is 157 Å². The summed E-state index contributed by atoms with van der Waals surface area (Å²) in [4.78, 5) is 6.83. The highest BCUT2D eigenvalue weighted by Gasteiger charge is 2.36. The van der Waals surface area contributed by atoms with Crippen LogP contribution >= 0.6 is 0 Å². The van der Waals surface area contributed by atoms with Crippen molar-refractivity contribution in [1.82, 2.24) is 4.98 Å². The number of hydrogen-bond donors (Lipinski definition) is 0. The minimum atomic E-state index is -0.117. The third kappa shape index (κ3) is 3.87. The Kier molecular flexibility index (Phi) is 5.54. The Morgan fingerprint density at radius 1 is 0.600 bits per heavy atom. The van der Waals surface area contributed by atoms with Crippen molar-refractivity contribution in [2.75, 3.05) is 4.90 Å². The molecule has 0 unspecified atom stereocenters. The average Bonchev–Trinajstić information content (AvgIpc) is 3.59. The molecule has 45 heavy (non-hydrogen) atoms. The van der Waals surface area contributed by atoms with Crippen molar-refractivity contribution < 1.29 is 4.42 Å². The molecule has 0 amide bonds. The number of pyridine rings is 1. The van der Waals surface area contributed by atoms with Gasteiger partial charge < -0.3 is 9.32 Å². The predicted octanol–water partition coefficient (Wildman–Crippen LogP) is 11.6. The van der Waals surface area contributed by atoms with Gasteiger partial charge in [0.1, 0.15) is 5.58 Å². The molecule has 9 rings (SSSR count). The molecule has 2 aromatic heterocycles. The van der Waals surface area contributed by atoms with Crippen molar-refractivity contribution in [2.45, 2.75) is 19.3 Å². The van der Waals surface area contributed by atoms with Gasteiger partial charge in [-0.2, -0.15) is 0 Å². The van der Waals surface area contributed by atoms with Crippen LogP contribution in [0.15, 0.2) is 150 Å². The van der Waals surface area contributed by atoms with E-state index < -0.39 is 0 Å². The maximum atomic E-state index is 6.71. The lowest BCUT2D eigenvalue weighted by molar-refractivity contribution is 0.660. The molecule has 214 valence electrons. The summed E-state index contributed by atoms with van der Waals surface area (Å²) in [6.07, 6.45) is 3.72. The SMILES string of the molecule is CC1(C)c2ccccc2-c2ccc(N(c3ccc(-c4ccccc4)cc3)c3cc4ccccc4c4c3oc3ccncc34)cc21. The zero-order valence-corrected chi connectivity index (χ0v) is 25.2. The molecule has 0 aliphatic heterocycles. The first kappa shape index (κ1) is 25.8. The van der Waals surface area contributed by atoms with Gasteiger partial charge in [0, 0.05) is 40.0 Å². The molecule has 0 spiro atoms. The molecule has 8 aromatic rings. The van der Waals surface area contributed by atoms with E-state index in [1.54, 1.807) is 6.20 Å². The zero-order valence-electron chi connectivity index (χ0n) is 25.2. The molecule has 1 aliphatic carbocycles. The van der Waals surface area contributed by atoms with E-state index in [1.807, 2.05) is 12.3 Å². The lowest BCUT2D eigenvalue weighted by Crippen LogP contribution is -2.16. The van der Waals surface area contributed by atoms with Crippen molar-refractivity contribution in [3.63, 3.8) is 0 Å². The number of benzene rings is 6. The van der Waals surface area contributed by atoms with E-state index in [4.69, 9.17) is 4.42 Å². The summed E-state index contributed by atoms with van der Waals surface area (Å²) in [6, 6.07) is 47.9. The Hall–Kier alpha value is -5.67. The lowest BCUT2D eigenvalue weighted by Gasteiger charge is -2.28. The van der Waals surface area contributed by atoms with Crippen LogP contribution in [0.5, 0.6) is 0 Å². The van der Waals surface area contributed by atoms with Crippen molar-refractivity contribution in [3.8, 4) is 22.3 Å². The minimum absolute atomic E-state index is 0.117. The monoisotopic (exact) mass is 578 g/mol. The molecule has 0 N–H and O–H groups in total. The highest BCUT2D eigenvalue weighted by molar-refractivity contribution is 6.22. The standard InChI is InChI=1S/C42H30N2O/c1-42(2)36-15-9-8-14-33(36)34-21-20-31(25-37(34)42)44(30-18-16-28(17-19-30)27-10-4-3-5-11-27)38-24-29-12-6-7-13-32(29)40-35-26-43-23-22-39(35)45-41(38)40/h3-26H,1-2H3. The molecule has 2 heterocycles.